The van der Waals surface area contributed by atoms with Gasteiger partial charge in [0.1, 0.15) is 0 Å². The summed E-state index contributed by atoms with van der Waals surface area (Å²) in [6.45, 7) is 7.19. The first kappa shape index (κ1) is 13.1. The Bertz CT molecular complexity index is 509. The van der Waals surface area contributed by atoms with Gasteiger partial charge in [-0.15, -0.1) is 0 Å². The Morgan fingerprint density at radius 3 is 2.50 bits per heavy atom. The standard InChI is InChI=1S/C14H18ClN3/c1-14(2,3)17-8-12-9-18(10-16-12)13-6-4-11(15)5-7-13/h4-7,9-10,17H,8H2,1-3H3. The van der Waals surface area contributed by atoms with Gasteiger partial charge in [0.05, 0.1) is 12.0 Å². The summed E-state index contributed by atoms with van der Waals surface area (Å²) in [5.41, 5.74) is 2.19. The van der Waals surface area contributed by atoms with Gasteiger partial charge in [-0.05, 0) is 45.0 Å². The van der Waals surface area contributed by atoms with E-state index >= 15 is 0 Å². The third-order valence-electron chi connectivity index (χ3n) is 2.56. The SMILES string of the molecule is CC(C)(C)NCc1cn(-c2ccc(Cl)cc2)cn1. The second-order valence-corrected chi connectivity index (χ2v) is 5.79. The van der Waals surface area contributed by atoms with Crippen LogP contribution in [0.25, 0.3) is 5.69 Å². The molecular formula is C14H18ClN3. The minimum atomic E-state index is 0.101. The lowest BCUT2D eigenvalue weighted by Crippen LogP contribution is -2.35. The molecule has 0 atom stereocenters. The number of rotatable bonds is 3. The molecule has 0 fully saturated rings. The van der Waals surface area contributed by atoms with E-state index < -0.39 is 0 Å². The summed E-state index contributed by atoms with van der Waals surface area (Å²) < 4.78 is 2.00. The van der Waals surface area contributed by atoms with Gasteiger partial charge in [-0.3, -0.25) is 0 Å². The molecule has 0 aliphatic heterocycles. The fourth-order valence-corrected chi connectivity index (χ4v) is 1.69. The van der Waals surface area contributed by atoms with Crippen LogP contribution in [0.1, 0.15) is 26.5 Å². The average Bonchev–Trinajstić information content (AvgIpc) is 2.75. The molecule has 0 saturated heterocycles. The number of aromatic nitrogens is 2. The van der Waals surface area contributed by atoms with Crippen molar-refractivity contribution in [3.05, 3.63) is 47.5 Å². The van der Waals surface area contributed by atoms with E-state index in [9.17, 15) is 0 Å². The Labute approximate surface area is 113 Å². The van der Waals surface area contributed by atoms with Crippen LogP contribution in [-0.2, 0) is 6.54 Å². The predicted molar refractivity (Wildman–Crippen MR) is 75.2 cm³/mol. The maximum absolute atomic E-state index is 5.87. The molecule has 0 bridgehead atoms. The van der Waals surface area contributed by atoms with Crippen molar-refractivity contribution in [1.29, 1.82) is 0 Å². The van der Waals surface area contributed by atoms with Gasteiger partial charge in [0.25, 0.3) is 0 Å². The Kier molecular flexibility index (Phi) is 3.73. The molecule has 1 N–H and O–H groups in total. The topological polar surface area (TPSA) is 29.9 Å². The average molecular weight is 264 g/mol. The van der Waals surface area contributed by atoms with E-state index in [4.69, 9.17) is 11.6 Å². The first-order valence-electron chi connectivity index (χ1n) is 5.98. The summed E-state index contributed by atoms with van der Waals surface area (Å²) >= 11 is 5.87. The van der Waals surface area contributed by atoms with E-state index in [1.807, 2.05) is 41.4 Å². The molecule has 1 heterocycles. The zero-order valence-electron chi connectivity index (χ0n) is 10.9. The molecule has 0 radical (unpaired) electrons. The van der Waals surface area contributed by atoms with Crippen LogP contribution >= 0.6 is 11.6 Å². The number of hydrogen-bond donors (Lipinski definition) is 1. The Balaban J connectivity index is 2.08. The summed E-state index contributed by atoms with van der Waals surface area (Å²) in [5, 5.41) is 4.16. The molecular weight excluding hydrogens is 246 g/mol. The van der Waals surface area contributed by atoms with Crippen LogP contribution in [0.4, 0.5) is 0 Å². The van der Waals surface area contributed by atoms with Gasteiger partial charge in [0.15, 0.2) is 0 Å². The van der Waals surface area contributed by atoms with E-state index in [0.717, 1.165) is 22.9 Å². The number of nitrogens with zero attached hydrogens (tertiary/aromatic N) is 2. The van der Waals surface area contributed by atoms with Crippen LogP contribution in [0.15, 0.2) is 36.8 Å². The molecule has 0 saturated carbocycles. The van der Waals surface area contributed by atoms with E-state index in [1.165, 1.54) is 0 Å². The van der Waals surface area contributed by atoms with Crippen LogP contribution in [0.3, 0.4) is 0 Å². The largest absolute Gasteiger partial charge is 0.306 e. The third-order valence-corrected chi connectivity index (χ3v) is 2.81. The van der Waals surface area contributed by atoms with Crippen LogP contribution in [-0.4, -0.2) is 15.1 Å². The predicted octanol–water partition coefficient (Wildman–Crippen LogP) is 3.41. The van der Waals surface area contributed by atoms with Gasteiger partial charge in [-0.25, -0.2) is 4.98 Å². The molecule has 0 spiro atoms. The summed E-state index contributed by atoms with van der Waals surface area (Å²) in [6, 6.07) is 7.71. The minimum Gasteiger partial charge on any atom is -0.306 e. The van der Waals surface area contributed by atoms with Crippen molar-refractivity contribution >= 4 is 11.6 Å². The Morgan fingerprint density at radius 2 is 1.89 bits per heavy atom. The summed E-state index contributed by atoms with van der Waals surface area (Å²) in [5.74, 6) is 0. The van der Waals surface area contributed by atoms with Crippen molar-refractivity contribution in [3.63, 3.8) is 0 Å². The molecule has 2 rings (SSSR count). The maximum Gasteiger partial charge on any atom is 0.0995 e. The van der Waals surface area contributed by atoms with Crippen molar-refractivity contribution < 1.29 is 0 Å². The summed E-state index contributed by atoms with van der Waals surface area (Å²) in [4.78, 5) is 4.39. The zero-order valence-corrected chi connectivity index (χ0v) is 11.7. The van der Waals surface area contributed by atoms with Crippen molar-refractivity contribution in [1.82, 2.24) is 14.9 Å². The van der Waals surface area contributed by atoms with Gasteiger partial charge in [0.2, 0.25) is 0 Å². The second-order valence-electron chi connectivity index (χ2n) is 5.35. The second kappa shape index (κ2) is 5.12. The Hall–Kier alpha value is -1.32. The molecule has 4 heteroatoms. The van der Waals surface area contributed by atoms with Crippen molar-refractivity contribution in [3.8, 4) is 5.69 Å². The van der Waals surface area contributed by atoms with E-state index in [1.54, 1.807) is 0 Å². The molecule has 0 aliphatic carbocycles. The molecule has 0 unspecified atom stereocenters. The highest BCUT2D eigenvalue weighted by atomic mass is 35.5. The molecule has 1 aromatic heterocycles. The first-order chi connectivity index (χ1) is 8.44. The fourth-order valence-electron chi connectivity index (χ4n) is 1.57. The minimum absolute atomic E-state index is 0.101. The Morgan fingerprint density at radius 1 is 1.22 bits per heavy atom. The summed E-state index contributed by atoms with van der Waals surface area (Å²) in [6.07, 6.45) is 3.85. The molecule has 18 heavy (non-hydrogen) atoms. The lowest BCUT2D eigenvalue weighted by molar-refractivity contribution is 0.421. The van der Waals surface area contributed by atoms with Gasteiger partial charge in [0, 0.05) is 29.0 Å². The molecule has 3 nitrogen and oxygen atoms in total. The van der Waals surface area contributed by atoms with Gasteiger partial charge in [-0.2, -0.15) is 0 Å². The molecule has 0 aliphatic rings. The van der Waals surface area contributed by atoms with Crippen LogP contribution in [0, 0.1) is 0 Å². The molecule has 1 aromatic carbocycles. The summed E-state index contributed by atoms with van der Waals surface area (Å²) in [7, 11) is 0. The lowest BCUT2D eigenvalue weighted by atomic mass is 10.1. The van der Waals surface area contributed by atoms with Crippen molar-refractivity contribution in [2.45, 2.75) is 32.9 Å². The fraction of sp³-hybridized carbons (Fsp3) is 0.357. The quantitative estimate of drug-likeness (QED) is 0.920. The highest BCUT2D eigenvalue weighted by molar-refractivity contribution is 6.30. The number of nitrogens with one attached hydrogen (secondary N) is 1. The number of halogens is 1. The van der Waals surface area contributed by atoms with Gasteiger partial charge >= 0.3 is 0 Å². The number of benzene rings is 1. The monoisotopic (exact) mass is 263 g/mol. The first-order valence-corrected chi connectivity index (χ1v) is 6.36. The lowest BCUT2D eigenvalue weighted by Gasteiger charge is -2.19. The highest BCUT2D eigenvalue weighted by Crippen LogP contribution is 2.14. The van der Waals surface area contributed by atoms with Crippen LogP contribution in [0.5, 0.6) is 0 Å². The number of hydrogen-bond acceptors (Lipinski definition) is 2. The molecule has 2 aromatic rings. The van der Waals surface area contributed by atoms with Gasteiger partial charge < -0.3 is 9.88 Å². The zero-order chi connectivity index (χ0) is 13.2. The van der Waals surface area contributed by atoms with Crippen molar-refractivity contribution in [2.24, 2.45) is 0 Å². The van der Waals surface area contributed by atoms with E-state index in [0.29, 0.717) is 0 Å². The normalized spacial score (nSPS) is 11.8. The maximum atomic E-state index is 5.87. The molecule has 0 amide bonds. The highest BCUT2D eigenvalue weighted by Gasteiger charge is 2.09. The molecule has 96 valence electrons. The van der Waals surface area contributed by atoms with Crippen LogP contribution in [0.2, 0.25) is 5.02 Å². The third kappa shape index (κ3) is 3.59. The van der Waals surface area contributed by atoms with Crippen LogP contribution < -0.4 is 5.32 Å². The smallest absolute Gasteiger partial charge is 0.0995 e. The van der Waals surface area contributed by atoms with Gasteiger partial charge in [-0.1, -0.05) is 11.6 Å². The van der Waals surface area contributed by atoms with E-state index in [-0.39, 0.29) is 5.54 Å². The van der Waals surface area contributed by atoms with Crippen molar-refractivity contribution in [2.75, 3.05) is 0 Å². The van der Waals surface area contributed by atoms with E-state index in [2.05, 4.69) is 31.1 Å². The number of imidazole rings is 1.